The number of aryl methyl sites for hydroxylation is 8. The fourth-order valence-electron chi connectivity index (χ4n) is 20.0. The van der Waals surface area contributed by atoms with Crippen molar-refractivity contribution in [1.29, 1.82) is 0 Å². The first kappa shape index (κ1) is 113. The molecule has 0 fully saturated rings. The Hall–Kier alpha value is -4.23. The summed E-state index contributed by atoms with van der Waals surface area (Å²) < 4.78 is 17.3. The van der Waals surface area contributed by atoms with Crippen molar-refractivity contribution in [3.63, 3.8) is 0 Å². The molecule has 0 aliphatic heterocycles. The van der Waals surface area contributed by atoms with Crippen LogP contribution in [0, 0.1) is 21.3 Å². The Morgan fingerprint density at radius 2 is 0.557 bits per heavy atom. The van der Waals surface area contributed by atoms with E-state index in [0.29, 0.717) is 0 Å². The van der Waals surface area contributed by atoms with Gasteiger partial charge in [0.1, 0.15) is 22.1 Å². The first-order valence-electron chi connectivity index (χ1n) is 53.0. The molecular weight excluding hydrogens is 2330 g/mol. The molecule has 1 radical (unpaired) electrons. The van der Waals surface area contributed by atoms with Gasteiger partial charge in [-0.25, -0.2) is 19.9 Å². The molecule has 0 saturated heterocycles. The van der Waals surface area contributed by atoms with Crippen LogP contribution in [-0.2, 0) is 38.5 Å². The summed E-state index contributed by atoms with van der Waals surface area (Å²) in [6, 6.07) is 56.8. The first-order valence-corrected chi connectivity index (χ1v) is 79.9. The number of halogens is 4. The molecular formula is C122H152Br4N4S8Sn2+. The van der Waals surface area contributed by atoms with Gasteiger partial charge >= 0.3 is 238 Å². The second kappa shape index (κ2) is 57.5. The van der Waals surface area contributed by atoms with Gasteiger partial charge in [0.05, 0.1) is 61.6 Å². The van der Waals surface area contributed by atoms with E-state index in [1.165, 1.54) is 337 Å². The Morgan fingerprint density at radius 3 is 0.900 bits per heavy atom. The van der Waals surface area contributed by atoms with Crippen molar-refractivity contribution in [2.45, 2.75) is 350 Å². The van der Waals surface area contributed by atoms with Crippen molar-refractivity contribution < 1.29 is 0 Å². The smallest absolute Gasteiger partial charge is 0.109 e. The SMILES string of the molecule is Brc1sc(Br)c2nc(-c3ccccc3)c(-c3ccccc3)nc12.CCCCCCCCc1c(CCCCCCCC)c2c[c]([Sn]([CH3])([CH3])[CH3])sc2c2s[c]([Sn]([CH3])[CH3])cc12.CCCCCCCCc1c(CCCCCCCC)c2cc(-c3sc(C)c4nc(-c5ccccc5)c(-c5ccccc5)nc34)sc2c2sc(C)cc12.CCCCCCCCc1c(CCCCCCCC)c2cc(Br)sc2c2sc(Br)cc12.[CH3+]. The molecule has 0 aliphatic rings. The average molecular weight is 2490 g/mol. The Morgan fingerprint density at radius 1 is 0.279 bits per heavy atom. The van der Waals surface area contributed by atoms with Crippen LogP contribution in [-0.4, -0.2) is 58.1 Å². The van der Waals surface area contributed by atoms with E-state index < -0.39 is 38.1 Å². The third-order valence-corrected chi connectivity index (χ3v) is 55.6. The van der Waals surface area contributed by atoms with Crippen molar-refractivity contribution in [2.75, 3.05) is 0 Å². The number of unbranched alkanes of at least 4 members (excludes halogenated alkanes) is 30. The molecule has 4 nitrogen and oxygen atoms in total. The summed E-state index contributed by atoms with van der Waals surface area (Å²) in [5.74, 6) is 0. The quantitative estimate of drug-likeness (QED) is 0.0217. The van der Waals surface area contributed by atoms with Gasteiger partial charge in [-0.05, 0) is 197 Å². The number of rotatable bonds is 49. The number of hydrogen-bond acceptors (Lipinski definition) is 12. The number of hydrogen-bond donors (Lipinski definition) is 0. The van der Waals surface area contributed by atoms with E-state index in [4.69, 9.17) is 19.9 Å². The predicted molar refractivity (Wildman–Crippen MR) is 656 cm³/mol. The van der Waals surface area contributed by atoms with Crippen molar-refractivity contribution >= 4 is 281 Å². The number of aromatic nitrogens is 4. The first-order chi connectivity index (χ1) is 67.7. The zero-order chi connectivity index (χ0) is 97.7. The van der Waals surface area contributed by atoms with Crippen LogP contribution in [0.3, 0.4) is 0 Å². The minimum atomic E-state index is -2.11. The average Bonchev–Trinajstić information content (AvgIpc) is 1.58. The summed E-state index contributed by atoms with van der Waals surface area (Å²) in [5.41, 5.74) is 22.0. The Kier molecular flexibility index (Phi) is 46.4. The van der Waals surface area contributed by atoms with Crippen LogP contribution in [0.2, 0.25) is 24.7 Å². The summed E-state index contributed by atoms with van der Waals surface area (Å²) in [4.78, 5) is 38.9. The summed E-state index contributed by atoms with van der Waals surface area (Å²) in [5, 5.41) is 9.40. The van der Waals surface area contributed by atoms with Crippen LogP contribution in [0.25, 0.3) is 137 Å². The van der Waals surface area contributed by atoms with Gasteiger partial charge in [0.15, 0.2) is 0 Å². The van der Waals surface area contributed by atoms with Crippen molar-refractivity contribution in [2.24, 2.45) is 0 Å². The summed E-state index contributed by atoms with van der Waals surface area (Å²) in [6.07, 6.45) is 56.6. The standard InChI is InChI=1S/C46H52N2S3.C26H36Br2S2.C26H36S2.C18H10Br2N2S.6CH3.2Sn/c1-5-7-9-11-13-21-27-35-36(28-22-14-12-10-8-6-2)38-30-39(51-45(38)44-37(35)29-31(3)49-44)46-43-40(32(4)50-46)47-41(33-23-17-15-18-24-33)42(48-43)34-25-19-16-20-26-34;1-3-5-7-9-11-13-15-19-20(16-14-12-10-8-6-4-2)22-18-24(28)30-26(22)25-21(19)17-23(27)29-25;1-3-5-7-9-11-13-15-21-22(16-14-12-10-8-6-4-2)24-18-20-28-26(24)25-23(21)17-19-27-25;19-17-15-16(18(20)23-17)22-14(12-9-5-2-6-10-12)13(21-15)11-7-3-1-4-8-11;;;;;;;;/h15-20,23-26,29-30H,5-14,21-22,27-28H2,1-4H3;17-18H,3-16H2,1-2H3;17-18H,3-16H2,1-2H3;1-10H;6*1H3;;/q;;;;;;;;;+1;;. The number of benzene rings is 7. The van der Waals surface area contributed by atoms with Crippen LogP contribution < -0.4 is 5.79 Å². The van der Waals surface area contributed by atoms with E-state index in [9.17, 15) is 0 Å². The molecule has 0 bridgehead atoms. The van der Waals surface area contributed by atoms with E-state index in [-0.39, 0.29) is 7.43 Å². The third kappa shape index (κ3) is 29.7. The fourth-order valence-corrected chi connectivity index (χ4v) is 41.3. The van der Waals surface area contributed by atoms with Crippen LogP contribution in [0.5, 0.6) is 0 Å². The molecule has 17 rings (SSSR count). The number of nitrogens with zero attached hydrogens (tertiary/aromatic N) is 4. The molecule has 0 N–H and O–H groups in total. The van der Waals surface area contributed by atoms with Crippen LogP contribution in [0.1, 0.15) is 316 Å². The second-order valence-corrected chi connectivity index (χ2v) is 77.7. The molecule has 0 aliphatic carbocycles. The molecule has 0 amide bonds. The van der Waals surface area contributed by atoms with Gasteiger partial charge < -0.3 is 0 Å². The van der Waals surface area contributed by atoms with Gasteiger partial charge in [0.2, 0.25) is 0 Å². The van der Waals surface area contributed by atoms with E-state index in [1.54, 1.807) is 70.7 Å². The molecule has 743 valence electrons. The van der Waals surface area contributed by atoms with Gasteiger partial charge in [-0.1, -0.05) is 277 Å². The molecule has 17 aromatic rings. The second-order valence-electron chi connectivity index (χ2n) is 39.8. The summed E-state index contributed by atoms with van der Waals surface area (Å²) in [7, 11) is 0. The van der Waals surface area contributed by atoms with Crippen LogP contribution >= 0.6 is 154 Å². The largest absolute Gasteiger partial charge is 0.243 e. The maximum atomic E-state index is 5.51. The van der Waals surface area contributed by atoms with E-state index in [0.717, 1.165) is 74.7 Å². The summed E-state index contributed by atoms with van der Waals surface area (Å²) in [6.45, 7) is 18.4. The van der Waals surface area contributed by atoms with Crippen molar-refractivity contribution in [3.8, 4) is 54.8 Å². The van der Waals surface area contributed by atoms with Gasteiger partial charge in [-0.2, -0.15) is 0 Å². The normalized spacial score (nSPS) is 11.8. The molecule has 0 atom stereocenters. The molecule has 0 spiro atoms. The molecule has 10 heterocycles. The van der Waals surface area contributed by atoms with Gasteiger partial charge in [-0.15, -0.1) is 68.0 Å². The Balaban J connectivity index is 0.000000164. The van der Waals surface area contributed by atoms with Gasteiger partial charge in [-0.3, -0.25) is 0 Å². The van der Waals surface area contributed by atoms with Crippen molar-refractivity contribution in [1.82, 2.24) is 19.9 Å². The monoisotopic (exact) mass is 2480 g/mol. The molecule has 10 aromatic heterocycles. The fraction of sp³-hybridized carbons (Fsp3) is 0.451. The van der Waals surface area contributed by atoms with Crippen LogP contribution in [0.15, 0.2) is 173 Å². The number of thiophene rings is 8. The van der Waals surface area contributed by atoms with E-state index in [2.05, 4.69) is 288 Å². The van der Waals surface area contributed by atoms with Gasteiger partial charge in [0.25, 0.3) is 0 Å². The maximum absolute atomic E-state index is 5.51. The van der Waals surface area contributed by atoms with E-state index in [1.807, 2.05) is 93.1 Å². The zero-order valence-electron chi connectivity index (χ0n) is 86.3. The molecule has 0 unspecified atom stereocenters. The minimum Gasteiger partial charge on any atom is -0.243 e. The number of fused-ring (bicyclic) bond motifs is 11. The Bertz CT molecular complexity index is 6570. The molecule has 0 saturated carbocycles. The topological polar surface area (TPSA) is 51.6 Å². The zero-order valence-corrected chi connectivity index (χ0v) is 105. The Labute approximate surface area is 917 Å². The third-order valence-electron chi connectivity index (χ3n) is 27.6. The van der Waals surface area contributed by atoms with Gasteiger partial charge in [0, 0.05) is 44.3 Å². The predicted octanol–water partition coefficient (Wildman–Crippen LogP) is 44.4. The minimum absolute atomic E-state index is 0. The van der Waals surface area contributed by atoms with E-state index >= 15 is 0 Å². The van der Waals surface area contributed by atoms with Crippen LogP contribution in [0.4, 0.5) is 0 Å². The van der Waals surface area contributed by atoms with Crippen molar-refractivity contribution in [3.05, 3.63) is 223 Å². The maximum Gasteiger partial charge on any atom is 0.109 e. The molecule has 18 heteroatoms. The summed E-state index contributed by atoms with van der Waals surface area (Å²) >= 11 is 26.9. The molecule has 140 heavy (non-hydrogen) atoms. The molecule has 7 aromatic carbocycles.